The van der Waals surface area contributed by atoms with Crippen LogP contribution in [0, 0.1) is 6.92 Å². The van der Waals surface area contributed by atoms with Gasteiger partial charge in [0.15, 0.2) is 5.60 Å². The molecule has 1 aromatic heterocycles. The number of ether oxygens (including phenoxy) is 1. The molecule has 4 rings (SSSR count). The van der Waals surface area contributed by atoms with Gasteiger partial charge in [-0.05, 0) is 30.0 Å². The molecule has 4 nitrogen and oxygen atoms in total. The van der Waals surface area contributed by atoms with Crippen LogP contribution in [0.4, 0.5) is 0 Å². The molecule has 114 valence electrons. The summed E-state index contributed by atoms with van der Waals surface area (Å²) in [5.41, 5.74) is 1.34. The van der Waals surface area contributed by atoms with Gasteiger partial charge in [-0.1, -0.05) is 42.5 Å². The fourth-order valence-corrected chi connectivity index (χ4v) is 2.92. The topological polar surface area (TPSA) is 62.5 Å². The maximum atomic E-state index is 12.8. The molecule has 0 spiro atoms. The lowest BCUT2D eigenvalue weighted by atomic mass is 9.91. The average molecular weight is 305 g/mol. The maximum Gasteiger partial charge on any atom is 0.255 e. The van der Waals surface area contributed by atoms with Crippen LogP contribution in [0.5, 0.6) is 0 Å². The summed E-state index contributed by atoms with van der Waals surface area (Å²) in [7, 11) is 0. The van der Waals surface area contributed by atoms with Crippen LogP contribution in [0.15, 0.2) is 59.4 Å². The number of carbonyl (C=O) groups is 1. The molecular formula is C19H15NO3. The van der Waals surface area contributed by atoms with E-state index in [1.54, 1.807) is 30.3 Å². The van der Waals surface area contributed by atoms with Gasteiger partial charge in [-0.2, -0.15) is 0 Å². The Bertz CT molecular complexity index is 969. The molecule has 0 saturated carbocycles. The highest BCUT2D eigenvalue weighted by Crippen LogP contribution is 2.40. The largest absolute Gasteiger partial charge is 0.355 e. The van der Waals surface area contributed by atoms with E-state index in [4.69, 9.17) is 4.74 Å². The number of H-pyrrole nitrogens is 1. The first-order valence-corrected chi connectivity index (χ1v) is 7.48. The number of epoxide rings is 1. The molecule has 0 amide bonds. The lowest BCUT2D eigenvalue weighted by Gasteiger charge is -2.11. The monoisotopic (exact) mass is 305 g/mol. The van der Waals surface area contributed by atoms with Gasteiger partial charge in [0.05, 0.1) is 12.2 Å². The number of carbonyl (C=O) groups excluding carboxylic acids is 1. The predicted molar refractivity (Wildman–Crippen MR) is 87.7 cm³/mol. The molecule has 1 fully saturated rings. The quantitative estimate of drug-likeness (QED) is 0.598. The molecule has 1 aliphatic heterocycles. The third-order valence-electron chi connectivity index (χ3n) is 4.27. The van der Waals surface area contributed by atoms with E-state index in [0.717, 1.165) is 16.5 Å². The molecule has 1 saturated heterocycles. The fraction of sp³-hybridized carbons (Fsp3) is 0.158. The Hall–Kier alpha value is -2.72. The summed E-state index contributed by atoms with van der Waals surface area (Å²) in [5.74, 6) is -0.171. The average Bonchev–Trinajstić information content (AvgIpc) is 3.36. The number of hydrogen-bond donors (Lipinski definition) is 1. The summed E-state index contributed by atoms with van der Waals surface area (Å²) < 4.78 is 5.48. The van der Waals surface area contributed by atoms with Gasteiger partial charge in [0.2, 0.25) is 5.78 Å². The highest BCUT2D eigenvalue weighted by molar-refractivity contribution is 6.05. The summed E-state index contributed by atoms with van der Waals surface area (Å²) >= 11 is 0. The van der Waals surface area contributed by atoms with E-state index < -0.39 is 5.60 Å². The molecule has 2 heterocycles. The van der Waals surface area contributed by atoms with Crippen molar-refractivity contribution in [1.82, 2.24) is 4.98 Å². The summed E-state index contributed by atoms with van der Waals surface area (Å²) in [5, 5.41) is 0.890. The van der Waals surface area contributed by atoms with Gasteiger partial charge < -0.3 is 9.72 Å². The Morgan fingerprint density at radius 3 is 2.57 bits per heavy atom. The molecule has 0 radical (unpaired) electrons. The van der Waals surface area contributed by atoms with Gasteiger partial charge in [0.25, 0.3) is 5.56 Å². The van der Waals surface area contributed by atoms with Gasteiger partial charge in [-0.25, -0.2) is 0 Å². The fourth-order valence-electron chi connectivity index (χ4n) is 2.92. The van der Waals surface area contributed by atoms with Crippen LogP contribution in [-0.2, 0) is 10.3 Å². The van der Waals surface area contributed by atoms with E-state index in [1.165, 1.54) is 0 Å². The van der Waals surface area contributed by atoms with Crippen molar-refractivity contribution in [1.29, 1.82) is 0 Å². The number of ketones is 1. The van der Waals surface area contributed by atoms with Crippen molar-refractivity contribution in [3.05, 3.63) is 81.6 Å². The Morgan fingerprint density at radius 2 is 1.87 bits per heavy atom. The number of benzene rings is 2. The molecule has 1 N–H and O–H groups in total. The van der Waals surface area contributed by atoms with Gasteiger partial charge in [0.1, 0.15) is 0 Å². The Labute approximate surface area is 132 Å². The SMILES string of the molecule is Cc1ccc2cc(C3(C(=O)c4ccccc4)CO3)c(=O)[nH]c2c1. The second-order valence-corrected chi connectivity index (χ2v) is 5.91. The number of rotatable bonds is 3. The third kappa shape index (κ3) is 2.19. The molecule has 23 heavy (non-hydrogen) atoms. The first-order chi connectivity index (χ1) is 11.1. The summed E-state index contributed by atoms with van der Waals surface area (Å²) in [6.07, 6.45) is 0. The zero-order chi connectivity index (χ0) is 16.0. The minimum absolute atomic E-state index is 0.171. The van der Waals surface area contributed by atoms with E-state index in [-0.39, 0.29) is 17.9 Å². The van der Waals surface area contributed by atoms with Crippen LogP contribution in [0.1, 0.15) is 21.5 Å². The number of aryl methyl sites for hydroxylation is 1. The first-order valence-electron chi connectivity index (χ1n) is 7.48. The second kappa shape index (κ2) is 4.89. The van der Waals surface area contributed by atoms with Crippen LogP contribution in [0.3, 0.4) is 0 Å². The number of nitrogens with one attached hydrogen (secondary N) is 1. The van der Waals surface area contributed by atoms with E-state index >= 15 is 0 Å². The Morgan fingerprint density at radius 1 is 1.13 bits per heavy atom. The summed E-state index contributed by atoms with van der Waals surface area (Å²) in [6, 6.07) is 16.5. The van der Waals surface area contributed by atoms with Crippen LogP contribution in [-0.4, -0.2) is 17.4 Å². The van der Waals surface area contributed by atoms with Crippen molar-refractivity contribution in [3.8, 4) is 0 Å². The van der Waals surface area contributed by atoms with Crippen molar-refractivity contribution in [3.63, 3.8) is 0 Å². The number of pyridine rings is 1. The number of Topliss-reactive ketones (excluding diaryl/α,β-unsaturated/α-hetero) is 1. The number of aromatic nitrogens is 1. The lowest BCUT2D eigenvalue weighted by molar-refractivity contribution is 0.0869. The molecule has 4 heteroatoms. The van der Waals surface area contributed by atoms with Gasteiger partial charge >= 0.3 is 0 Å². The van der Waals surface area contributed by atoms with Crippen LogP contribution >= 0.6 is 0 Å². The standard InChI is InChI=1S/C19H15NO3/c1-12-7-8-14-10-15(18(22)20-16(14)9-12)19(11-23-19)17(21)13-5-3-2-4-6-13/h2-10H,11H2,1H3,(H,20,22). The number of hydrogen-bond acceptors (Lipinski definition) is 3. The first kappa shape index (κ1) is 13.9. The molecule has 3 aromatic rings. The number of fused-ring (bicyclic) bond motifs is 1. The normalized spacial score (nSPS) is 19.7. The zero-order valence-corrected chi connectivity index (χ0v) is 12.6. The van der Waals surface area contributed by atoms with Crippen molar-refractivity contribution < 1.29 is 9.53 Å². The molecule has 1 aliphatic rings. The van der Waals surface area contributed by atoms with Crippen LogP contribution < -0.4 is 5.56 Å². The highest BCUT2D eigenvalue weighted by atomic mass is 16.6. The molecule has 2 aromatic carbocycles. The third-order valence-corrected chi connectivity index (χ3v) is 4.27. The Balaban J connectivity index is 1.85. The summed E-state index contributed by atoms with van der Waals surface area (Å²) in [6.45, 7) is 2.21. The molecule has 0 aliphatic carbocycles. The van der Waals surface area contributed by atoms with E-state index in [2.05, 4.69) is 4.98 Å². The second-order valence-electron chi connectivity index (χ2n) is 5.91. The number of aromatic amines is 1. The Kier molecular flexibility index (Phi) is 2.96. The van der Waals surface area contributed by atoms with Crippen molar-refractivity contribution >= 4 is 16.7 Å². The van der Waals surface area contributed by atoms with Crippen LogP contribution in [0.25, 0.3) is 10.9 Å². The van der Waals surface area contributed by atoms with Crippen molar-refractivity contribution in [2.75, 3.05) is 6.61 Å². The van der Waals surface area contributed by atoms with Gasteiger partial charge in [-0.3, -0.25) is 9.59 Å². The molecule has 0 bridgehead atoms. The minimum Gasteiger partial charge on any atom is -0.355 e. The van der Waals surface area contributed by atoms with E-state index in [1.807, 2.05) is 31.2 Å². The maximum absolute atomic E-state index is 12.8. The highest BCUT2D eigenvalue weighted by Gasteiger charge is 2.55. The molecule has 1 atom stereocenters. The van der Waals surface area contributed by atoms with Crippen molar-refractivity contribution in [2.24, 2.45) is 0 Å². The molecular weight excluding hydrogens is 290 g/mol. The van der Waals surface area contributed by atoms with Crippen molar-refractivity contribution in [2.45, 2.75) is 12.5 Å². The van der Waals surface area contributed by atoms with E-state index in [0.29, 0.717) is 11.1 Å². The summed E-state index contributed by atoms with van der Waals surface area (Å²) in [4.78, 5) is 28.1. The van der Waals surface area contributed by atoms with Crippen LogP contribution in [0.2, 0.25) is 0 Å². The smallest absolute Gasteiger partial charge is 0.255 e. The van der Waals surface area contributed by atoms with Gasteiger partial charge in [-0.15, -0.1) is 0 Å². The lowest BCUT2D eigenvalue weighted by Crippen LogP contribution is -2.30. The minimum atomic E-state index is -1.14. The van der Waals surface area contributed by atoms with E-state index in [9.17, 15) is 9.59 Å². The van der Waals surface area contributed by atoms with Gasteiger partial charge in [0, 0.05) is 11.1 Å². The molecule has 1 unspecified atom stereocenters. The predicted octanol–water partition coefficient (Wildman–Crippen LogP) is 2.94. The zero-order valence-electron chi connectivity index (χ0n) is 12.6.